The van der Waals surface area contributed by atoms with Gasteiger partial charge in [-0.2, -0.15) is 0 Å². The Hall–Kier alpha value is -4.80. The fourth-order valence-electron chi connectivity index (χ4n) is 5.99. The Morgan fingerprint density at radius 3 is 1.98 bits per heavy atom. The van der Waals surface area contributed by atoms with Gasteiger partial charge in [-0.15, -0.1) is 0 Å². The van der Waals surface area contributed by atoms with E-state index >= 15 is 0 Å². The number of fused-ring (bicyclic) bond motifs is 8. The number of aliphatic hydroxyl groups excluding tert-OH is 2. The number of phenols is 5. The number of ether oxygens (including phenoxy) is 3. The van der Waals surface area contributed by atoms with Gasteiger partial charge in [-0.25, -0.2) is 0 Å². The van der Waals surface area contributed by atoms with Crippen molar-refractivity contribution in [3.05, 3.63) is 94.5 Å². The molecule has 0 fully saturated rings. The highest BCUT2D eigenvalue weighted by atomic mass is 16.7. The molecule has 0 unspecified atom stereocenters. The van der Waals surface area contributed by atoms with E-state index in [2.05, 4.69) is 0 Å². The number of rotatable bonds is 2. The summed E-state index contributed by atoms with van der Waals surface area (Å²) in [5, 5.41) is 74.7. The molecule has 204 valence electrons. The van der Waals surface area contributed by atoms with E-state index in [1.165, 1.54) is 48.5 Å². The second-order valence-corrected chi connectivity index (χ2v) is 10.2. The summed E-state index contributed by atoms with van der Waals surface area (Å²) >= 11 is 0. The summed E-state index contributed by atoms with van der Waals surface area (Å²) in [6, 6.07) is 15.8. The van der Waals surface area contributed by atoms with Crippen LogP contribution in [0.15, 0.2) is 66.7 Å². The molecule has 0 radical (unpaired) electrons. The summed E-state index contributed by atoms with van der Waals surface area (Å²) in [7, 11) is 0. The lowest BCUT2D eigenvalue weighted by Crippen LogP contribution is -2.57. The zero-order valence-electron chi connectivity index (χ0n) is 20.7. The summed E-state index contributed by atoms with van der Waals surface area (Å²) in [6.07, 6.45) is -3.38. The van der Waals surface area contributed by atoms with Crippen LogP contribution in [0.4, 0.5) is 0 Å². The van der Waals surface area contributed by atoms with E-state index in [-0.39, 0.29) is 58.0 Å². The van der Waals surface area contributed by atoms with Crippen LogP contribution in [0.1, 0.15) is 39.8 Å². The average molecular weight is 545 g/mol. The molecule has 0 spiro atoms. The summed E-state index contributed by atoms with van der Waals surface area (Å²) in [5.74, 6) is -3.36. The van der Waals surface area contributed by atoms with Crippen molar-refractivity contribution in [3.63, 3.8) is 0 Å². The van der Waals surface area contributed by atoms with Crippen LogP contribution >= 0.6 is 0 Å². The van der Waals surface area contributed by atoms with E-state index in [0.29, 0.717) is 22.3 Å². The van der Waals surface area contributed by atoms with E-state index < -0.39 is 30.0 Å². The molecule has 10 nitrogen and oxygen atoms in total. The molecule has 7 rings (SSSR count). The van der Waals surface area contributed by atoms with Crippen LogP contribution in [0, 0.1) is 0 Å². The number of aliphatic hydroxyl groups is 2. The van der Waals surface area contributed by atoms with Crippen molar-refractivity contribution in [3.8, 4) is 46.0 Å². The Kier molecular flexibility index (Phi) is 5.06. The number of aromatic hydroxyl groups is 5. The van der Waals surface area contributed by atoms with Crippen LogP contribution in [0.2, 0.25) is 0 Å². The lowest BCUT2D eigenvalue weighted by molar-refractivity contribution is -0.219. The standard InChI is InChI=1S/C30H24O10/c31-15-5-1-13(2-6-15)27-21(36)11-18-19(34)12-23-25(28(18)38-27)26-24-20(35)9-17(33)10-22(24)39-30(40-23,29(26)37)14-3-7-16(32)8-4-14/h1-10,12,21,26-27,29,31-37H,11H2/t21-,26+,27+,29-,30+/m0/s1. The van der Waals surface area contributed by atoms with Crippen LogP contribution in [0.25, 0.3) is 0 Å². The Bertz CT molecular complexity index is 1650. The van der Waals surface area contributed by atoms with Crippen molar-refractivity contribution in [2.45, 2.75) is 36.4 Å². The van der Waals surface area contributed by atoms with Gasteiger partial charge in [0.2, 0.25) is 0 Å². The van der Waals surface area contributed by atoms with Gasteiger partial charge in [0.25, 0.3) is 0 Å². The molecule has 0 aromatic heterocycles. The van der Waals surface area contributed by atoms with Gasteiger partial charge in [-0.05, 0) is 42.0 Å². The summed E-state index contributed by atoms with van der Waals surface area (Å²) in [6.45, 7) is 0. The Morgan fingerprint density at radius 2 is 1.30 bits per heavy atom. The summed E-state index contributed by atoms with van der Waals surface area (Å²) in [4.78, 5) is 0. The van der Waals surface area contributed by atoms with Crippen molar-refractivity contribution < 1.29 is 50.0 Å². The lowest BCUT2D eigenvalue weighted by atomic mass is 9.74. The maximum Gasteiger partial charge on any atom is 0.305 e. The highest BCUT2D eigenvalue weighted by molar-refractivity contribution is 5.67. The first kappa shape index (κ1) is 24.3. The van der Waals surface area contributed by atoms with Crippen LogP contribution in [0.5, 0.6) is 46.0 Å². The highest BCUT2D eigenvalue weighted by Gasteiger charge is 2.60. The van der Waals surface area contributed by atoms with Gasteiger partial charge in [0, 0.05) is 46.9 Å². The molecular weight excluding hydrogens is 520 g/mol. The van der Waals surface area contributed by atoms with Crippen LogP contribution in [-0.2, 0) is 12.2 Å². The normalized spacial score (nSPS) is 25.9. The molecule has 0 aliphatic carbocycles. The van der Waals surface area contributed by atoms with E-state index in [9.17, 15) is 35.7 Å². The van der Waals surface area contributed by atoms with Gasteiger partial charge in [0.05, 0.1) is 12.0 Å². The third kappa shape index (κ3) is 3.36. The van der Waals surface area contributed by atoms with Gasteiger partial charge in [-0.3, -0.25) is 0 Å². The number of hydrogen-bond acceptors (Lipinski definition) is 10. The lowest BCUT2D eigenvalue weighted by Gasteiger charge is -2.50. The van der Waals surface area contributed by atoms with Crippen LogP contribution in [0.3, 0.4) is 0 Å². The fourth-order valence-corrected chi connectivity index (χ4v) is 5.99. The first-order chi connectivity index (χ1) is 19.2. The van der Waals surface area contributed by atoms with Gasteiger partial charge >= 0.3 is 5.79 Å². The predicted octanol–water partition coefficient (Wildman–Crippen LogP) is 3.38. The second-order valence-electron chi connectivity index (χ2n) is 10.2. The first-order valence-electron chi connectivity index (χ1n) is 12.6. The van der Waals surface area contributed by atoms with Crippen molar-refractivity contribution in [2.24, 2.45) is 0 Å². The maximum absolute atomic E-state index is 11.9. The van der Waals surface area contributed by atoms with Crippen molar-refractivity contribution in [1.29, 1.82) is 0 Å². The average Bonchev–Trinajstić information content (AvgIpc) is 2.90. The molecule has 0 saturated heterocycles. The van der Waals surface area contributed by atoms with Crippen LogP contribution < -0.4 is 14.2 Å². The third-order valence-corrected chi connectivity index (χ3v) is 7.82. The Labute approximate surface area is 227 Å². The quantitative estimate of drug-likeness (QED) is 0.199. The van der Waals surface area contributed by atoms with Crippen molar-refractivity contribution >= 4 is 0 Å². The minimum Gasteiger partial charge on any atom is -0.508 e. The Morgan fingerprint density at radius 1 is 0.675 bits per heavy atom. The minimum absolute atomic E-state index is 0.0107. The maximum atomic E-state index is 11.9. The molecule has 4 aromatic rings. The van der Waals surface area contributed by atoms with E-state index in [0.717, 1.165) is 6.07 Å². The SMILES string of the molecule is Oc1ccc([C@H]2Oc3c(c(O)cc4c3[C@H]3c5c(O)cc(O)cc5O[C@](c5ccc(O)cc5)(O4)[C@H]3O)C[C@@H]2O)cc1. The molecule has 40 heavy (non-hydrogen) atoms. The monoisotopic (exact) mass is 544 g/mol. The largest absolute Gasteiger partial charge is 0.508 e. The third-order valence-electron chi connectivity index (χ3n) is 7.82. The zero-order chi connectivity index (χ0) is 27.9. The van der Waals surface area contributed by atoms with Crippen molar-refractivity contribution in [2.75, 3.05) is 0 Å². The number of phenolic OH excluding ortho intramolecular Hbond substituents is 5. The molecule has 10 heteroatoms. The van der Waals surface area contributed by atoms with E-state index in [1.54, 1.807) is 12.1 Å². The highest BCUT2D eigenvalue weighted by Crippen LogP contribution is 2.62. The smallest absolute Gasteiger partial charge is 0.305 e. The minimum atomic E-state index is -1.89. The number of hydrogen-bond donors (Lipinski definition) is 7. The van der Waals surface area contributed by atoms with E-state index in [1.807, 2.05) is 0 Å². The summed E-state index contributed by atoms with van der Waals surface area (Å²) < 4.78 is 18.9. The molecule has 5 atom stereocenters. The van der Waals surface area contributed by atoms with Gasteiger partial charge in [-0.1, -0.05) is 12.1 Å². The van der Waals surface area contributed by atoms with E-state index in [4.69, 9.17) is 14.2 Å². The van der Waals surface area contributed by atoms with Gasteiger partial charge in [0.15, 0.2) is 0 Å². The molecule has 7 N–H and O–H groups in total. The predicted molar refractivity (Wildman–Crippen MR) is 138 cm³/mol. The molecule has 2 bridgehead atoms. The molecular formula is C30H24O10. The Balaban J connectivity index is 1.47. The zero-order valence-corrected chi connectivity index (χ0v) is 20.7. The molecule has 0 saturated carbocycles. The van der Waals surface area contributed by atoms with Gasteiger partial charge in [0.1, 0.15) is 58.2 Å². The topological polar surface area (TPSA) is 169 Å². The molecule has 3 aliphatic heterocycles. The molecule has 0 amide bonds. The first-order valence-corrected chi connectivity index (χ1v) is 12.6. The summed E-state index contributed by atoms with van der Waals surface area (Å²) in [5.41, 5.74) is 1.69. The fraction of sp³-hybridized carbons (Fsp3) is 0.200. The van der Waals surface area contributed by atoms with Gasteiger partial charge < -0.3 is 50.0 Å². The molecule has 3 heterocycles. The second kappa shape index (κ2) is 8.35. The van der Waals surface area contributed by atoms with Crippen LogP contribution in [-0.4, -0.2) is 48.0 Å². The molecule has 3 aliphatic rings. The molecule has 4 aromatic carbocycles. The number of benzene rings is 4. The van der Waals surface area contributed by atoms with Crippen molar-refractivity contribution in [1.82, 2.24) is 0 Å².